The summed E-state index contributed by atoms with van der Waals surface area (Å²) >= 11 is 0. The number of morpholine rings is 1. The molecule has 3 aromatic rings. The molecule has 2 aromatic carbocycles. The molecule has 1 atom stereocenters. The van der Waals surface area contributed by atoms with Gasteiger partial charge in [-0.25, -0.2) is 32.0 Å². The van der Waals surface area contributed by atoms with Gasteiger partial charge in [0.25, 0.3) is 0 Å². The van der Waals surface area contributed by atoms with Gasteiger partial charge in [0, 0.05) is 29.9 Å². The molecule has 2 amide bonds. The topological polar surface area (TPSA) is 140 Å². The number of carbonyl (C=O) groups excluding carboxylic acids is 1. The Labute approximate surface area is 230 Å². The normalized spacial score (nSPS) is 19.3. The second-order valence-corrected chi connectivity index (χ2v) is 12.2. The van der Waals surface area contributed by atoms with E-state index in [4.69, 9.17) is 20.4 Å². The molecule has 3 heterocycles. The summed E-state index contributed by atoms with van der Waals surface area (Å²) in [6.07, 6.45) is 0.285. The van der Waals surface area contributed by atoms with Gasteiger partial charge in [0.1, 0.15) is 22.2 Å². The molecule has 1 aromatic heterocycles. The van der Waals surface area contributed by atoms with E-state index < -0.39 is 37.1 Å². The average Bonchev–Trinajstić information content (AvgIpc) is 2.93. The van der Waals surface area contributed by atoms with Crippen LogP contribution in [0.4, 0.5) is 25.1 Å². The number of nitrogens with two attached hydrogens (primary N) is 1. The standard InChI is InChI=1S/C27H30F2N6O4S/c1-17-16-39-11-10-35(17)24-15-23(33-25(34-24)18-2-4-21(5-3-18)32-26(30)36)27(6-8-31-9-7-27)40(37,38)22-13-19(28)12-20(29)14-22/h2-5,12-15,17,31H,6-11,16H2,1H3,(H3,30,32,36)/t17-/m0/s1. The molecule has 10 nitrogen and oxygen atoms in total. The van der Waals surface area contributed by atoms with E-state index in [9.17, 15) is 22.0 Å². The first-order chi connectivity index (χ1) is 19.1. The Kier molecular flexibility index (Phi) is 7.71. The third-order valence-corrected chi connectivity index (χ3v) is 9.83. The number of carbonyl (C=O) groups is 1. The van der Waals surface area contributed by atoms with Crippen LogP contribution in [-0.2, 0) is 19.3 Å². The van der Waals surface area contributed by atoms with Crippen LogP contribution in [0, 0.1) is 11.6 Å². The van der Waals surface area contributed by atoms with Crippen LogP contribution >= 0.6 is 0 Å². The molecule has 4 N–H and O–H groups in total. The predicted octanol–water partition coefficient (Wildman–Crippen LogP) is 3.19. The van der Waals surface area contributed by atoms with Crippen molar-refractivity contribution < 1.29 is 26.7 Å². The maximum Gasteiger partial charge on any atom is 0.316 e. The first kappa shape index (κ1) is 27.9. The third-order valence-electron chi connectivity index (χ3n) is 7.32. The van der Waals surface area contributed by atoms with E-state index in [0.29, 0.717) is 56.0 Å². The zero-order valence-corrected chi connectivity index (χ0v) is 22.7. The van der Waals surface area contributed by atoms with Crippen molar-refractivity contribution in [2.24, 2.45) is 5.73 Å². The molecular formula is C27H30F2N6O4S. The highest BCUT2D eigenvalue weighted by atomic mass is 32.2. The minimum Gasteiger partial charge on any atom is -0.377 e. The van der Waals surface area contributed by atoms with Crippen LogP contribution in [0.5, 0.6) is 0 Å². The Morgan fingerprint density at radius 1 is 1.10 bits per heavy atom. The molecule has 2 aliphatic rings. The van der Waals surface area contributed by atoms with E-state index in [2.05, 4.69) is 10.6 Å². The first-order valence-corrected chi connectivity index (χ1v) is 14.4. The molecule has 2 aliphatic heterocycles. The molecule has 13 heteroatoms. The van der Waals surface area contributed by atoms with Gasteiger partial charge in [-0.1, -0.05) is 0 Å². The van der Waals surface area contributed by atoms with Crippen LogP contribution in [-0.4, -0.2) is 63.3 Å². The number of amides is 2. The lowest BCUT2D eigenvalue weighted by Gasteiger charge is -2.38. The van der Waals surface area contributed by atoms with Gasteiger partial charge in [-0.3, -0.25) is 0 Å². The van der Waals surface area contributed by atoms with Crippen molar-refractivity contribution in [3.8, 4) is 11.4 Å². The highest BCUT2D eigenvalue weighted by molar-refractivity contribution is 7.92. The summed E-state index contributed by atoms with van der Waals surface area (Å²) in [4.78, 5) is 22.4. The van der Waals surface area contributed by atoms with E-state index >= 15 is 0 Å². The van der Waals surface area contributed by atoms with Crippen LogP contribution in [0.25, 0.3) is 11.4 Å². The fraction of sp³-hybridized carbons (Fsp3) is 0.370. The maximum absolute atomic E-state index is 14.3. The zero-order chi connectivity index (χ0) is 28.5. The SMILES string of the molecule is C[C@H]1COCCN1c1cc(C2(S(=O)(=O)c3cc(F)cc(F)c3)CCNCC2)nc(-c2ccc(NC(N)=O)cc2)n1. The number of halogens is 2. The number of rotatable bonds is 6. The second kappa shape index (κ2) is 11.1. The Bertz CT molecular complexity index is 1490. The molecule has 212 valence electrons. The number of ether oxygens (including phenoxy) is 1. The van der Waals surface area contributed by atoms with Gasteiger partial charge in [0.05, 0.1) is 29.8 Å². The summed E-state index contributed by atoms with van der Waals surface area (Å²) in [5.41, 5.74) is 6.51. The fourth-order valence-corrected chi connectivity index (χ4v) is 7.37. The van der Waals surface area contributed by atoms with Crippen molar-refractivity contribution in [3.05, 3.63) is 65.9 Å². The Morgan fingerprint density at radius 3 is 2.40 bits per heavy atom. The van der Waals surface area contributed by atoms with Crippen molar-refractivity contribution in [2.45, 2.75) is 35.4 Å². The molecule has 2 fully saturated rings. The van der Waals surface area contributed by atoms with E-state index in [-0.39, 0.29) is 30.4 Å². The van der Waals surface area contributed by atoms with E-state index in [1.165, 1.54) is 0 Å². The van der Waals surface area contributed by atoms with Gasteiger partial charge in [0.15, 0.2) is 15.7 Å². The maximum atomic E-state index is 14.3. The lowest BCUT2D eigenvalue weighted by Crippen LogP contribution is -2.47. The lowest BCUT2D eigenvalue weighted by atomic mass is 9.92. The molecule has 0 bridgehead atoms. The number of hydrogen-bond acceptors (Lipinski definition) is 8. The van der Waals surface area contributed by atoms with Crippen molar-refractivity contribution in [1.29, 1.82) is 0 Å². The summed E-state index contributed by atoms with van der Waals surface area (Å²) < 4.78 is 60.9. The van der Waals surface area contributed by atoms with Gasteiger partial charge in [0.2, 0.25) is 0 Å². The quantitative estimate of drug-likeness (QED) is 0.409. The predicted molar refractivity (Wildman–Crippen MR) is 146 cm³/mol. The van der Waals surface area contributed by atoms with Gasteiger partial charge >= 0.3 is 6.03 Å². The lowest BCUT2D eigenvalue weighted by molar-refractivity contribution is 0.0985. The number of anilines is 2. The van der Waals surface area contributed by atoms with Gasteiger partial charge in [-0.15, -0.1) is 0 Å². The summed E-state index contributed by atoms with van der Waals surface area (Å²) in [5, 5.41) is 5.68. The van der Waals surface area contributed by atoms with E-state index in [1.807, 2.05) is 11.8 Å². The molecule has 0 radical (unpaired) electrons. The second-order valence-electron chi connectivity index (χ2n) is 9.97. The van der Waals surface area contributed by atoms with Gasteiger partial charge in [-0.2, -0.15) is 0 Å². The summed E-state index contributed by atoms with van der Waals surface area (Å²) in [6.45, 7) is 4.20. The Balaban J connectivity index is 1.70. The fourth-order valence-electron chi connectivity index (χ4n) is 5.26. The van der Waals surface area contributed by atoms with Crippen LogP contribution in [0.1, 0.15) is 25.5 Å². The number of sulfone groups is 1. The van der Waals surface area contributed by atoms with Gasteiger partial charge < -0.3 is 26.0 Å². The number of aromatic nitrogens is 2. The van der Waals surface area contributed by atoms with Crippen LogP contribution in [0.3, 0.4) is 0 Å². The molecule has 5 rings (SSSR count). The van der Waals surface area contributed by atoms with Crippen molar-refractivity contribution >= 4 is 27.4 Å². The molecule has 0 aliphatic carbocycles. The minimum absolute atomic E-state index is 0.0376. The van der Waals surface area contributed by atoms with Crippen LogP contribution in [0.2, 0.25) is 0 Å². The van der Waals surface area contributed by atoms with E-state index in [0.717, 1.165) is 12.1 Å². The number of piperidine rings is 1. The van der Waals surface area contributed by atoms with Gasteiger partial charge in [-0.05, 0) is 69.3 Å². The highest BCUT2D eigenvalue weighted by Crippen LogP contribution is 2.43. The smallest absolute Gasteiger partial charge is 0.316 e. The number of benzene rings is 2. The van der Waals surface area contributed by atoms with Crippen LogP contribution < -0.4 is 21.3 Å². The third kappa shape index (κ3) is 5.36. The number of hydrogen-bond donors (Lipinski definition) is 3. The van der Waals surface area contributed by atoms with Crippen LogP contribution in [0.15, 0.2) is 53.4 Å². The number of urea groups is 1. The minimum atomic E-state index is -4.32. The number of primary amides is 1. The molecule has 40 heavy (non-hydrogen) atoms. The first-order valence-electron chi connectivity index (χ1n) is 12.9. The monoisotopic (exact) mass is 572 g/mol. The largest absolute Gasteiger partial charge is 0.377 e. The number of nitrogens with one attached hydrogen (secondary N) is 2. The molecular weight excluding hydrogens is 542 g/mol. The van der Waals surface area contributed by atoms with Crippen molar-refractivity contribution in [3.63, 3.8) is 0 Å². The molecule has 0 spiro atoms. The Morgan fingerprint density at radius 2 is 1.77 bits per heavy atom. The number of nitrogens with zero attached hydrogens (tertiary/aromatic N) is 3. The molecule has 2 saturated heterocycles. The summed E-state index contributed by atoms with van der Waals surface area (Å²) in [7, 11) is -4.32. The zero-order valence-electron chi connectivity index (χ0n) is 21.9. The van der Waals surface area contributed by atoms with Crippen molar-refractivity contribution in [2.75, 3.05) is 43.1 Å². The summed E-state index contributed by atoms with van der Waals surface area (Å²) in [5.74, 6) is -1.15. The average molecular weight is 573 g/mol. The highest BCUT2D eigenvalue weighted by Gasteiger charge is 2.49. The van der Waals surface area contributed by atoms with E-state index in [1.54, 1.807) is 30.3 Å². The van der Waals surface area contributed by atoms with Crippen molar-refractivity contribution in [1.82, 2.24) is 15.3 Å². The molecule has 0 unspecified atom stereocenters. The summed E-state index contributed by atoms with van der Waals surface area (Å²) in [6, 6.07) is 9.94. The molecule has 0 saturated carbocycles. The Hall–Kier alpha value is -3.68.